The largest absolute Gasteiger partial charge is 0.481 e. The average Bonchev–Trinajstić information content (AvgIpc) is 2.19. The van der Waals surface area contributed by atoms with Gasteiger partial charge >= 0.3 is 5.97 Å². The molecule has 2 nitrogen and oxygen atoms in total. The smallest absolute Gasteiger partial charge is 0.303 e. The molecule has 0 radical (unpaired) electrons. The first-order chi connectivity index (χ1) is 7.39. The Kier molecular flexibility index (Phi) is 4.11. The predicted octanol–water partition coefficient (Wildman–Crippen LogP) is 3.43. The van der Waals surface area contributed by atoms with Crippen LogP contribution >= 0.6 is 0 Å². The molecule has 0 saturated heterocycles. The summed E-state index contributed by atoms with van der Waals surface area (Å²) in [6, 6.07) is 8.45. The van der Waals surface area contributed by atoms with Crippen LogP contribution in [0.1, 0.15) is 37.8 Å². The molecule has 0 atom stereocenters. The van der Waals surface area contributed by atoms with Gasteiger partial charge in [0.15, 0.2) is 0 Å². The number of carboxylic acid groups (broad SMARTS) is 1. The molecule has 0 spiro atoms. The highest BCUT2D eigenvalue weighted by Gasteiger charge is 2.19. The van der Waals surface area contributed by atoms with E-state index in [2.05, 4.69) is 45.0 Å². The van der Waals surface area contributed by atoms with Gasteiger partial charge in [0.25, 0.3) is 0 Å². The minimum atomic E-state index is -0.711. The fourth-order valence-corrected chi connectivity index (χ4v) is 1.79. The fourth-order valence-electron chi connectivity index (χ4n) is 1.79. The van der Waals surface area contributed by atoms with Crippen LogP contribution in [0.2, 0.25) is 0 Å². The number of carboxylic acids is 1. The van der Waals surface area contributed by atoms with Crippen molar-refractivity contribution in [1.29, 1.82) is 0 Å². The maximum absolute atomic E-state index is 10.5. The predicted molar refractivity (Wildman–Crippen MR) is 65.5 cm³/mol. The van der Waals surface area contributed by atoms with Crippen LogP contribution in [-0.2, 0) is 11.2 Å². The van der Waals surface area contributed by atoms with Crippen LogP contribution in [0, 0.1) is 12.3 Å². The zero-order valence-corrected chi connectivity index (χ0v) is 10.3. The molecular weight excluding hydrogens is 200 g/mol. The van der Waals surface area contributed by atoms with Crippen LogP contribution in [0.5, 0.6) is 0 Å². The van der Waals surface area contributed by atoms with Gasteiger partial charge in [-0.15, -0.1) is 0 Å². The minimum Gasteiger partial charge on any atom is -0.481 e. The van der Waals surface area contributed by atoms with Gasteiger partial charge in [-0.05, 0) is 30.7 Å². The van der Waals surface area contributed by atoms with Crippen molar-refractivity contribution in [2.45, 2.75) is 40.0 Å². The minimum absolute atomic E-state index is 0.0493. The summed E-state index contributed by atoms with van der Waals surface area (Å²) < 4.78 is 0. The van der Waals surface area contributed by atoms with Crippen LogP contribution in [0.3, 0.4) is 0 Å². The lowest BCUT2D eigenvalue weighted by Gasteiger charge is -2.23. The van der Waals surface area contributed by atoms with Gasteiger partial charge < -0.3 is 5.11 Å². The number of benzene rings is 1. The molecule has 0 amide bonds. The molecule has 0 saturated carbocycles. The molecule has 1 aromatic rings. The third-order valence-electron chi connectivity index (χ3n) is 2.82. The fraction of sp³-hybridized carbons (Fsp3) is 0.500. The Bertz CT molecular complexity index is 350. The number of hydrogen-bond donors (Lipinski definition) is 1. The Labute approximate surface area is 97.3 Å². The molecular formula is C14H20O2. The Morgan fingerprint density at radius 3 is 2.31 bits per heavy atom. The quantitative estimate of drug-likeness (QED) is 0.825. The second-order valence-electron chi connectivity index (χ2n) is 5.22. The van der Waals surface area contributed by atoms with Crippen molar-refractivity contribution >= 4 is 5.97 Å². The van der Waals surface area contributed by atoms with Crippen LogP contribution in [-0.4, -0.2) is 11.1 Å². The summed E-state index contributed by atoms with van der Waals surface area (Å²) in [4.78, 5) is 10.5. The number of carbonyl (C=O) groups is 1. The summed E-state index contributed by atoms with van der Waals surface area (Å²) in [5.74, 6) is -0.711. The Balaban J connectivity index is 2.57. The lowest BCUT2D eigenvalue weighted by Crippen LogP contribution is -2.16. The Morgan fingerprint density at radius 1 is 1.25 bits per heavy atom. The molecule has 2 heteroatoms. The molecule has 0 aliphatic rings. The van der Waals surface area contributed by atoms with E-state index in [4.69, 9.17) is 5.11 Å². The second-order valence-corrected chi connectivity index (χ2v) is 5.22. The molecule has 0 aromatic heterocycles. The molecule has 1 N–H and O–H groups in total. The first-order valence-corrected chi connectivity index (χ1v) is 5.66. The van der Waals surface area contributed by atoms with E-state index < -0.39 is 5.97 Å². The monoisotopic (exact) mass is 220 g/mol. The second kappa shape index (κ2) is 5.15. The van der Waals surface area contributed by atoms with E-state index in [0.717, 1.165) is 12.8 Å². The van der Waals surface area contributed by atoms with Crippen molar-refractivity contribution in [2.24, 2.45) is 5.41 Å². The SMILES string of the molecule is Cc1ccc(CC(C)(C)CCC(=O)O)cc1. The van der Waals surface area contributed by atoms with Crippen molar-refractivity contribution in [3.63, 3.8) is 0 Å². The van der Waals surface area contributed by atoms with E-state index in [1.807, 2.05) is 0 Å². The molecule has 1 aromatic carbocycles. The van der Waals surface area contributed by atoms with Crippen LogP contribution < -0.4 is 0 Å². The lowest BCUT2D eigenvalue weighted by molar-refractivity contribution is -0.137. The highest BCUT2D eigenvalue weighted by atomic mass is 16.4. The molecule has 1 rings (SSSR count). The summed E-state index contributed by atoms with van der Waals surface area (Å²) in [7, 11) is 0. The summed E-state index contributed by atoms with van der Waals surface area (Å²) >= 11 is 0. The maximum Gasteiger partial charge on any atom is 0.303 e. The van der Waals surface area contributed by atoms with E-state index in [1.165, 1.54) is 11.1 Å². The molecule has 0 bridgehead atoms. The summed E-state index contributed by atoms with van der Waals surface area (Å²) in [6.07, 6.45) is 1.90. The number of aryl methyl sites for hydroxylation is 1. The van der Waals surface area contributed by atoms with Gasteiger partial charge in [-0.25, -0.2) is 0 Å². The third kappa shape index (κ3) is 4.47. The zero-order valence-electron chi connectivity index (χ0n) is 10.3. The number of rotatable bonds is 5. The molecule has 0 aliphatic carbocycles. The molecule has 0 heterocycles. The van der Waals surface area contributed by atoms with Crippen LogP contribution in [0.4, 0.5) is 0 Å². The van der Waals surface area contributed by atoms with Crippen molar-refractivity contribution < 1.29 is 9.90 Å². The third-order valence-corrected chi connectivity index (χ3v) is 2.82. The van der Waals surface area contributed by atoms with Crippen LogP contribution in [0.25, 0.3) is 0 Å². The number of aliphatic carboxylic acids is 1. The van der Waals surface area contributed by atoms with E-state index in [-0.39, 0.29) is 11.8 Å². The maximum atomic E-state index is 10.5. The zero-order chi connectivity index (χ0) is 12.2. The van der Waals surface area contributed by atoms with E-state index in [0.29, 0.717) is 0 Å². The van der Waals surface area contributed by atoms with Gasteiger partial charge in [-0.3, -0.25) is 4.79 Å². The molecule has 0 aliphatic heterocycles. The van der Waals surface area contributed by atoms with Gasteiger partial charge in [0.05, 0.1) is 0 Å². The molecule has 88 valence electrons. The van der Waals surface area contributed by atoms with E-state index >= 15 is 0 Å². The van der Waals surface area contributed by atoms with Gasteiger partial charge in [-0.2, -0.15) is 0 Å². The summed E-state index contributed by atoms with van der Waals surface area (Å²) in [6.45, 7) is 6.31. The van der Waals surface area contributed by atoms with Crippen molar-refractivity contribution in [1.82, 2.24) is 0 Å². The van der Waals surface area contributed by atoms with E-state index in [9.17, 15) is 4.79 Å². The lowest BCUT2D eigenvalue weighted by atomic mass is 9.81. The summed E-state index contributed by atoms with van der Waals surface area (Å²) in [5.41, 5.74) is 2.58. The highest BCUT2D eigenvalue weighted by molar-refractivity contribution is 5.66. The Morgan fingerprint density at radius 2 is 1.81 bits per heavy atom. The first-order valence-electron chi connectivity index (χ1n) is 5.66. The topological polar surface area (TPSA) is 37.3 Å². The van der Waals surface area contributed by atoms with Gasteiger partial charge in [0, 0.05) is 6.42 Å². The number of hydrogen-bond acceptors (Lipinski definition) is 1. The van der Waals surface area contributed by atoms with Crippen LogP contribution in [0.15, 0.2) is 24.3 Å². The standard InChI is InChI=1S/C14H20O2/c1-11-4-6-12(7-5-11)10-14(2,3)9-8-13(15)16/h4-7H,8-10H2,1-3H3,(H,15,16). The van der Waals surface area contributed by atoms with Gasteiger partial charge in [0.1, 0.15) is 0 Å². The molecule has 0 unspecified atom stereocenters. The van der Waals surface area contributed by atoms with Gasteiger partial charge in [-0.1, -0.05) is 43.7 Å². The van der Waals surface area contributed by atoms with Gasteiger partial charge in [0.2, 0.25) is 0 Å². The van der Waals surface area contributed by atoms with Crippen molar-refractivity contribution in [2.75, 3.05) is 0 Å². The summed E-state index contributed by atoms with van der Waals surface area (Å²) in [5, 5.41) is 8.68. The van der Waals surface area contributed by atoms with Crippen molar-refractivity contribution in [3.8, 4) is 0 Å². The van der Waals surface area contributed by atoms with E-state index in [1.54, 1.807) is 0 Å². The molecule has 0 fully saturated rings. The highest BCUT2D eigenvalue weighted by Crippen LogP contribution is 2.27. The first kappa shape index (κ1) is 12.8. The average molecular weight is 220 g/mol. The molecule has 16 heavy (non-hydrogen) atoms. The Hall–Kier alpha value is -1.31. The normalized spacial score (nSPS) is 11.4. The van der Waals surface area contributed by atoms with Crippen molar-refractivity contribution in [3.05, 3.63) is 35.4 Å².